The Morgan fingerprint density at radius 3 is 2.56 bits per heavy atom. The van der Waals surface area contributed by atoms with Gasteiger partial charge in [-0.15, -0.1) is 0 Å². The number of non-ortho nitro benzene ring substituents is 1. The molecule has 0 aliphatic carbocycles. The van der Waals surface area contributed by atoms with E-state index in [0.29, 0.717) is 6.54 Å². The first-order valence-electron chi connectivity index (χ1n) is 5.13. The number of rotatable bonds is 5. The third kappa shape index (κ3) is 5.65. The van der Waals surface area contributed by atoms with Gasteiger partial charge < -0.3 is 10.8 Å². The zero-order valence-corrected chi connectivity index (χ0v) is 10.9. The highest BCUT2D eigenvalue weighted by molar-refractivity contribution is 7.97. The summed E-state index contributed by atoms with van der Waals surface area (Å²) >= 11 is 1.65. The quantitative estimate of drug-likeness (QED) is 0.479. The van der Waals surface area contributed by atoms with Crippen molar-refractivity contribution in [1.29, 1.82) is 0 Å². The summed E-state index contributed by atoms with van der Waals surface area (Å²) < 4.78 is 0. The SMILES string of the molecule is CSCc1cc([N+](=O)[O-])ccc1CCN.O=CO. The summed E-state index contributed by atoms with van der Waals surface area (Å²) in [6, 6.07) is 4.98. The number of hydrogen-bond donors (Lipinski definition) is 2. The van der Waals surface area contributed by atoms with Gasteiger partial charge in [0.1, 0.15) is 0 Å². The van der Waals surface area contributed by atoms with Crippen molar-refractivity contribution in [3.63, 3.8) is 0 Å². The van der Waals surface area contributed by atoms with Gasteiger partial charge in [0.15, 0.2) is 0 Å². The van der Waals surface area contributed by atoms with Crippen LogP contribution in [0, 0.1) is 10.1 Å². The normalized spacial score (nSPS) is 9.22. The molecule has 18 heavy (non-hydrogen) atoms. The lowest BCUT2D eigenvalue weighted by molar-refractivity contribution is -0.384. The van der Waals surface area contributed by atoms with E-state index >= 15 is 0 Å². The highest BCUT2D eigenvalue weighted by Crippen LogP contribution is 2.21. The molecule has 6 nitrogen and oxygen atoms in total. The van der Waals surface area contributed by atoms with E-state index in [1.54, 1.807) is 23.9 Å². The summed E-state index contributed by atoms with van der Waals surface area (Å²) in [6.07, 6.45) is 2.75. The molecule has 1 rings (SSSR count). The fourth-order valence-electron chi connectivity index (χ4n) is 1.42. The predicted molar refractivity (Wildman–Crippen MR) is 71.8 cm³/mol. The average molecular weight is 272 g/mol. The van der Waals surface area contributed by atoms with Crippen molar-refractivity contribution in [1.82, 2.24) is 0 Å². The van der Waals surface area contributed by atoms with E-state index in [2.05, 4.69) is 0 Å². The molecule has 0 radical (unpaired) electrons. The molecular weight excluding hydrogens is 256 g/mol. The molecule has 100 valence electrons. The fraction of sp³-hybridized carbons (Fsp3) is 0.364. The first-order chi connectivity index (χ1) is 8.60. The molecule has 7 heteroatoms. The molecule has 1 aromatic rings. The van der Waals surface area contributed by atoms with Crippen LogP contribution in [0.15, 0.2) is 18.2 Å². The van der Waals surface area contributed by atoms with Gasteiger partial charge in [0.05, 0.1) is 4.92 Å². The van der Waals surface area contributed by atoms with Crippen molar-refractivity contribution in [2.75, 3.05) is 12.8 Å². The highest BCUT2D eigenvalue weighted by atomic mass is 32.2. The Morgan fingerprint density at radius 2 is 2.11 bits per heavy atom. The maximum atomic E-state index is 10.6. The maximum absolute atomic E-state index is 10.6. The van der Waals surface area contributed by atoms with E-state index in [1.165, 1.54) is 6.07 Å². The van der Waals surface area contributed by atoms with E-state index in [1.807, 2.05) is 6.26 Å². The van der Waals surface area contributed by atoms with Crippen LogP contribution in [0.4, 0.5) is 5.69 Å². The first kappa shape index (κ1) is 16.4. The van der Waals surface area contributed by atoms with Crippen LogP contribution in [0.1, 0.15) is 11.1 Å². The summed E-state index contributed by atoms with van der Waals surface area (Å²) in [6.45, 7) is 0.319. The van der Waals surface area contributed by atoms with Gasteiger partial charge >= 0.3 is 0 Å². The standard InChI is InChI=1S/C10H14N2O2S.CH2O2/c1-15-7-9-6-10(12(13)14)3-2-8(9)4-5-11;2-1-3/h2-3,6H,4-5,7,11H2,1H3;1H,(H,2,3). The predicted octanol–water partition coefficient (Wildman–Crippen LogP) is 1.66. The van der Waals surface area contributed by atoms with Crippen LogP contribution in [0.2, 0.25) is 0 Å². The molecule has 0 spiro atoms. The number of nitro benzene ring substituents is 1. The Labute approximate surface area is 109 Å². The van der Waals surface area contributed by atoms with Crippen LogP contribution in [0.3, 0.4) is 0 Å². The summed E-state index contributed by atoms with van der Waals surface area (Å²) in [4.78, 5) is 18.6. The van der Waals surface area contributed by atoms with Crippen molar-refractivity contribution in [2.24, 2.45) is 5.73 Å². The number of nitrogens with two attached hydrogens (primary N) is 1. The van der Waals surface area contributed by atoms with Crippen LogP contribution in [-0.2, 0) is 17.0 Å². The molecule has 1 aromatic carbocycles. The Bertz CT molecular complexity index is 399. The molecule has 0 fully saturated rings. The second kappa shape index (κ2) is 9.43. The minimum atomic E-state index is -0.365. The Balaban J connectivity index is 0.000000873. The number of carboxylic acid groups (broad SMARTS) is 1. The maximum Gasteiger partial charge on any atom is 0.290 e. The van der Waals surface area contributed by atoms with Crippen molar-refractivity contribution in [3.8, 4) is 0 Å². The second-order valence-electron chi connectivity index (χ2n) is 3.29. The van der Waals surface area contributed by atoms with E-state index in [4.69, 9.17) is 15.6 Å². The number of hydrogen-bond acceptors (Lipinski definition) is 5. The van der Waals surface area contributed by atoms with Crippen LogP contribution in [-0.4, -0.2) is 29.3 Å². The number of benzene rings is 1. The van der Waals surface area contributed by atoms with Gasteiger partial charge in [0.25, 0.3) is 12.2 Å². The molecule has 3 N–H and O–H groups in total. The van der Waals surface area contributed by atoms with Gasteiger partial charge in [-0.05, 0) is 30.3 Å². The number of carbonyl (C=O) groups is 1. The second-order valence-corrected chi connectivity index (χ2v) is 4.15. The molecule has 0 aliphatic rings. The van der Waals surface area contributed by atoms with Crippen molar-refractivity contribution in [2.45, 2.75) is 12.2 Å². The van der Waals surface area contributed by atoms with E-state index < -0.39 is 0 Å². The monoisotopic (exact) mass is 272 g/mol. The number of thioether (sulfide) groups is 1. The van der Waals surface area contributed by atoms with Crippen molar-refractivity contribution < 1.29 is 14.8 Å². The van der Waals surface area contributed by atoms with E-state index in [9.17, 15) is 10.1 Å². The molecular formula is C11H16N2O4S. The van der Waals surface area contributed by atoms with Gasteiger partial charge in [-0.3, -0.25) is 14.9 Å². The van der Waals surface area contributed by atoms with Crippen LogP contribution in [0.25, 0.3) is 0 Å². The minimum absolute atomic E-state index is 0.153. The topological polar surface area (TPSA) is 106 Å². The lowest BCUT2D eigenvalue weighted by Crippen LogP contribution is -2.05. The smallest absolute Gasteiger partial charge is 0.290 e. The zero-order valence-electron chi connectivity index (χ0n) is 10.0. The van der Waals surface area contributed by atoms with E-state index in [0.717, 1.165) is 23.3 Å². The zero-order chi connectivity index (χ0) is 14.0. The van der Waals surface area contributed by atoms with Crippen molar-refractivity contribution >= 4 is 23.9 Å². The Hall–Kier alpha value is -1.60. The Kier molecular flexibility index (Phi) is 8.59. The van der Waals surface area contributed by atoms with Gasteiger partial charge in [-0.25, -0.2) is 0 Å². The lowest BCUT2D eigenvalue weighted by Gasteiger charge is -2.06. The first-order valence-corrected chi connectivity index (χ1v) is 6.53. The molecule has 0 unspecified atom stereocenters. The highest BCUT2D eigenvalue weighted by Gasteiger charge is 2.09. The molecule has 0 amide bonds. The van der Waals surface area contributed by atoms with Gasteiger partial charge in [-0.2, -0.15) is 11.8 Å². The molecule has 0 heterocycles. The third-order valence-corrected chi connectivity index (χ3v) is 2.71. The van der Waals surface area contributed by atoms with Crippen LogP contribution < -0.4 is 5.73 Å². The molecule has 0 saturated heterocycles. The van der Waals surface area contributed by atoms with Crippen molar-refractivity contribution in [3.05, 3.63) is 39.4 Å². The van der Waals surface area contributed by atoms with Gasteiger partial charge in [0, 0.05) is 17.9 Å². The van der Waals surface area contributed by atoms with Gasteiger partial charge in [-0.1, -0.05) is 6.07 Å². The summed E-state index contributed by atoms with van der Waals surface area (Å²) in [7, 11) is 0. The van der Waals surface area contributed by atoms with E-state index in [-0.39, 0.29) is 17.1 Å². The number of nitro groups is 1. The lowest BCUT2D eigenvalue weighted by atomic mass is 10.1. The minimum Gasteiger partial charge on any atom is -0.483 e. The Morgan fingerprint density at radius 1 is 1.50 bits per heavy atom. The summed E-state index contributed by atoms with van der Waals surface area (Å²) in [5.74, 6) is 0.789. The average Bonchev–Trinajstić information content (AvgIpc) is 2.32. The third-order valence-electron chi connectivity index (χ3n) is 2.11. The summed E-state index contributed by atoms with van der Waals surface area (Å²) in [5.41, 5.74) is 7.76. The molecule has 0 aliphatic heterocycles. The molecule has 0 saturated carbocycles. The summed E-state index contributed by atoms with van der Waals surface area (Å²) in [5, 5.41) is 17.5. The molecule has 0 atom stereocenters. The van der Waals surface area contributed by atoms with Crippen LogP contribution >= 0.6 is 11.8 Å². The number of nitrogens with zero attached hydrogens (tertiary/aromatic N) is 1. The fourth-order valence-corrected chi connectivity index (χ4v) is 1.99. The largest absolute Gasteiger partial charge is 0.483 e. The molecule has 0 bridgehead atoms. The molecule has 0 aromatic heterocycles. The van der Waals surface area contributed by atoms with Gasteiger partial charge in [0.2, 0.25) is 0 Å². The van der Waals surface area contributed by atoms with Crippen LogP contribution in [0.5, 0.6) is 0 Å².